The van der Waals surface area contributed by atoms with E-state index in [4.69, 9.17) is 14.6 Å². The number of hydrogen-bond acceptors (Lipinski definition) is 8. The smallest absolute Gasteiger partial charge is 0.475 e. The van der Waals surface area contributed by atoms with Crippen LogP contribution in [0.5, 0.6) is 0 Å². The van der Waals surface area contributed by atoms with Crippen LogP contribution in [0.4, 0.5) is 19.1 Å². The standard InChI is InChI=1S/C17H26N4O4S.C2HF3O2/c1-3-25-15(22)17-7-5-10-21(26(23,24)4-2)12-14(17)11-20(13-17)16-18-8-6-9-19-16;3-2(4,5)1(6)7/h6,8-9,14H,3-5,7,10-13H2,1-2H3;(H,6,7)/t14-,17+;/m1./s1. The number of aromatic nitrogens is 2. The van der Waals surface area contributed by atoms with Gasteiger partial charge < -0.3 is 14.7 Å². The molecule has 0 unspecified atom stereocenters. The summed E-state index contributed by atoms with van der Waals surface area (Å²) in [5.41, 5.74) is -0.715. The van der Waals surface area contributed by atoms with Crippen molar-refractivity contribution in [1.29, 1.82) is 0 Å². The van der Waals surface area contributed by atoms with E-state index in [1.165, 1.54) is 4.31 Å². The number of fused-ring (bicyclic) bond motifs is 1. The second kappa shape index (κ2) is 10.6. The minimum Gasteiger partial charge on any atom is -0.475 e. The first-order valence-corrected chi connectivity index (χ1v) is 12.0. The van der Waals surface area contributed by atoms with Crippen LogP contribution in [0.15, 0.2) is 18.5 Å². The van der Waals surface area contributed by atoms with Crippen molar-refractivity contribution in [3.8, 4) is 0 Å². The van der Waals surface area contributed by atoms with Crippen LogP contribution in [0.1, 0.15) is 26.7 Å². The number of nitrogens with zero attached hydrogens (tertiary/aromatic N) is 4. The van der Waals surface area contributed by atoms with Gasteiger partial charge in [0.1, 0.15) is 0 Å². The van der Waals surface area contributed by atoms with E-state index in [1.807, 2.05) is 4.90 Å². The first-order chi connectivity index (χ1) is 15.4. The highest BCUT2D eigenvalue weighted by Crippen LogP contribution is 2.44. The highest BCUT2D eigenvalue weighted by molar-refractivity contribution is 7.89. The Bertz CT molecular complexity index is 931. The van der Waals surface area contributed by atoms with Gasteiger partial charge in [-0.25, -0.2) is 27.5 Å². The molecule has 0 amide bonds. The second-order valence-corrected chi connectivity index (χ2v) is 9.93. The minimum atomic E-state index is -5.08. The van der Waals surface area contributed by atoms with E-state index in [-0.39, 0.29) is 17.6 Å². The molecule has 3 heterocycles. The van der Waals surface area contributed by atoms with Crippen LogP contribution in [0.3, 0.4) is 0 Å². The Balaban J connectivity index is 0.000000479. The van der Waals surface area contributed by atoms with Gasteiger partial charge in [-0.15, -0.1) is 0 Å². The fourth-order valence-corrected chi connectivity index (χ4v) is 5.23. The lowest BCUT2D eigenvalue weighted by molar-refractivity contribution is -0.192. The maximum atomic E-state index is 12.9. The largest absolute Gasteiger partial charge is 0.490 e. The molecule has 2 aliphatic heterocycles. The number of alkyl halides is 3. The lowest BCUT2D eigenvalue weighted by Crippen LogP contribution is -2.43. The zero-order chi connectivity index (χ0) is 24.9. The topological polar surface area (TPSA) is 130 Å². The summed E-state index contributed by atoms with van der Waals surface area (Å²) in [4.78, 5) is 32.4. The van der Waals surface area contributed by atoms with Crippen molar-refractivity contribution in [2.45, 2.75) is 32.9 Å². The number of carbonyl (C=O) groups is 2. The third-order valence-corrected chi connectivity index (χ3v) is 7.52. The Morgan fingerprint density at radius 2 is 1.85 bits per heavy atom. The van der Waals surface area contributed by atoms with Gasteiger partial charge in [0.2, 0.25) is 16.0 Å². The summed E-state index contributed by atoms with van der Waals surface area (Å²) in [6, 6.07) is 1.74. The summed E-state index contributed by atoms with van der Waals surface area (Å²) in [7, 11) is -3.30. The van der Waals surface area contributed by atoms with E-state index in [0.29, 0.717) is 51.6 Å². The summed E-state index contributed by atoms with van der Waals surface area (Å²) < 4.78 is 63.5. The van der Waals surface area contributed by atoms with Crippen LogP contribution in [0.2, 0.25) is 0 Å². The molecule has 0 bridgehead atoms. The Kier molecular flexibility index (Phi) is 8.63. The quantitative estimate of drug-likeness (QED) is 0.603. The maximum Gasteiger partial charge on any atom is 0.490 e. The molecule has 33 heavy (non-hydrogen) atoms. The van der Waals surface area contributed by atoms with Crippen molar-refractivity contribution in [3.05, 3.63) is 18.5 Å². The highest BCUT2D eigenvalue weighted by atomic mass is 32.2. The molecule has 0 aliphatic carbocycles. The molecule has 2 atom stereocenters. The molecular formula is C19H27F3N4O6S. The summed E-state index contributed by atoms with van der Waals surface area (Å²) in [6.07, 6.45) is -0.504. The van der Waals surface area contributed by atoms with Crippen molar-refractivity contribution < 1.29 is 41.0 Å². The number of carboxylic acids is 1. The fraction of sp³-hybridized carbons (Fsp3) is 0.684. The molecule has 0 saturated carbocycles. The number of anilines is 1. The molecule has 2 saturated heterocycles. The Hall–Kier alpha value is -2.48. The normalized spacial score (nSPS) is 23.7. The van der Waals surface area contributed by atoms with Gasteiger partial charge in [-0.3, -0.25) is 4.79 Å². The molecule has 0 aromatic carbocycles. The molecule has 186 valence electrons. The summed E-state index contributed by atoms with van der Waals surface area (Å²) in [6.45, 7) is 5.54. The van der Waals surface area contributed by atoms with Crippen molar-refractivity contribution >= 4 is 27.9 Å². The number of sulfonamides is 1. The summed E-state index contributed by atoms with van der Waals surface area (Å²) in [5.74, 6) is -2.51. The number of esters is 1. The van der Waals surface area contributed by atoms with Gasteiger partial charge in [-0.2, -0.15) is 13.2 Å². The van der Waals surface area contributed by atoms with Crippen LogP contribution >= 0.6 is 0 Å². The Labute approximate surface area is 189 Å². The third-order valence-electron chi connectivity index (χ3n) is 5.67. The van der Waals surface area contributed by atoms with Crippen molar-refractivity contribution in [2.24, 2.45) is 11.3 Å². The van der Waals surface area contributed by atoms with Crippen molar-refractivity contribution in [1.82, 2.24) is 14.3 Å². The first-order valence-electron chi connectivity index (χ1n) is 10.3. The molecule has 1 N–H and O–H groups in total. The average molecular weight is 497 g/mol. The molecule has 2 aliphatic rings. The van der Waals surface area contributed by atoms with Crippen molar-refractivity contribution in [2.75, 3.05) is 43.4 Å². The van der Waals surface area contributed by atoms with Gasteiger partial charge in [0.25, 0.3) is 0 Å². The monoisotopic (exact) mass is 496 g/mol. The van der Waals surface area contributed by atoms with E-state index < -0.39 is 27.6 Å². The minimum absolute atomic E-state index is 0.0671. The molecule has 1 aromatic heterocycles. The number of hydrogen-bond donors (Lipinski definition) is 1. The van der Waals surface area contributed by atoms with Gasteiger partial charge in [0.15, 0.2) is 0 Å². The highest BCUT2D eigenvalue weighted by Gasteiger charge is 2.55. The first kappa shape index (κ1) is 26.8. The van der Waals surface area contributed by atoms with Crippen LogP contribution in [0.25, 0.3) is 0 Å². The van der Waals surface area contributed by atoms with E-state index in [9.17, 15) is 26.4 Å². The van der Waals surface area contributed by atoms with Crippen LogP contribution < -0.4 is 4.90 Å². The van der Waals surface area contributed by atoms with Gasteiger partial charge in [-0.1, -0.05) is 0 Å². The van der Waals surface area contributed by atoms with E-state index in [1.54, 1.807) is 32.3 Å². The predicted molar refractivity (Wildman–Crippen MR) is 111 cm³/mol. The van der Waals surface area contributed by atoms with Crippen molar-refractivity contribution in [3.63, 3.8) is 0 Å². The van der Waals surface area contributed by atoms with Crippen LogP contribution in [0, 0.1) is 11.3 Å². The molecule has 0 radical (unpaired) electrons. The molecule has 0 spiro atoms. The molecule has 10 nitrogen and oxygen atoms in total. The fourth-order valence-electron chi connectivity index (χ4n) is 4.05. The van der Waals surface area contributed by atoms with Crippen LogP contribution in [-0.4, -0.2) is 84.5 Å². The number of halogens is 3. The number of carbonyl (C=O) groups excluding carboxylic acids is 1. The zero-order valence-electron chi connectivity index (χ0n) is 18.3. The van der Waals surface area contributed by atoms with Crippen LogP contribution in [-0.2, 0) is 24.3 Å². The number of carboxylic acid groups (broad SMARTS) is 1. The number of aliphatic carboxylic acids is 1. The molecular weight excluding hydrogens is 469 g/mol. The van der Waals surface area contributed by atoms with E-state index >= 15 is 0 Å². The van der Waals surface area contributed by atoms with Gasteiger partial charge >= 0.3 is 18.1 Å². The molecule has 14 heteroatoms. The average Bonchev–Trinajstić information content (AvgIpc) is 3.03. The number of ether oxygens (including phenoxy) is 1. The predicted octanol–water partition coefficient (Wildman–Crippen LogP) is 1.54. The molecule has 1 aromatic rings. The van der Waals surface area contributed by atoms with E-state index in [0.717, 1.165) is 0 Å². The summed E-state index contributed by atoms with van der Waals surface area (Å²) >= 11 is 0. The van der Waals surface area contributed by atoms with E-state index in [2.05, 4.69) is 9.97 Å². The SMILES string of the molecule is CCOC(=O)[C@]12CCCN(S(=O)(=O)CC)C[C@H]1CN(c1ncccn1)C2.O=C(O)C(F)(F)F. The Morgan fingerprint density at radius 3 is 2.36 bits per heavy atom. The third kappa shape index (κ3) is 6.31. The van der Waals surface area contributed by atoms with Gasteiger partial charge in [0.05, 0.1) is 17.8 Å². The lowest BCUT2D eigenvalue weighted by atomic mass is 9.75. The summed E-state index contributed by atoms with van der Waals surface area (Å²) in [5, 5.41) is 7.12. The van der Waals surface area contributed by atoms with Gasteiger partial charge in [-0.05, 0) is 32.8 Å². The zero-order valence-corrected chi connectivity index (χ0v) is 19.1. The molecule has 3 rings (SSSR count). The lowest BCUT2D eigenvalue weighted by Gasteiger charge is -2.31. The Morgan fingerprint density at radius 1 is 1.24 bits per heavy atom. The maximum absolute atomic E-state index is 12.9. The second-order valence-electron chi connectivity index (χ2n) is 7.67. The molecule has 2 fully saturated rings. The van der Waals surface area contributed by atoms with Gasteiger partial charge in [0, 0.05) is 44.5 Å². The number of rotatable bonds is 5.